The largest absolute Gasteiger partial charge is 0.318 e. The van der Waals surface area contributed by atoms with E-state index in [0.717, 1.165) is 11.1 Å². The van der Waals surface area contributed by atoms with Gasteiger partial charge in [-0.1, -0.05) is 51.1 Å². The fraction of sp³-hybridized carbons (Fsp3) is 0.263. The number of carbonyl (C=O) groups excluding carboxylic acids is 2. The second-order valence-corrected chi connectivity index (χ2v) is 6.57. The Morgan fingerprint density at radius 3 is 2.17 bits per heavy atom. The summed E-state index contributed by atoms with van der Waals surface area (Å²) in [4.78, 5) is 24.2. The highest BCUT2D eigenvalue weighted by atomic mass is 16.2. The number of nitrogens with one attached hydrogen (secondary N) is 2. The molecule has 2 N–H and O–H groups in total. The van der Waals surface area contributed by atoms with Crippen molar-refractivity contribution >= 4 is 23.2 Å². The monoisotopic (exact) mass is 310 g/mol. The quantitative estimate of drug-likeness (QED) is 0.827. The molecule has 0 saturated heterocycles. The predicted octanol–water partition coefficient (Wildman–Crippen LogP) is 3.87. The highest BCUT2D eigenvalue weighted by Crippen LogP contribution is 2.29. The molecule has 0 heterocycles. The molecule has 0 aliphatic heterocycles. The molecule has 4 heteroatoms. The van der Waals surface area contributed by atoms with Gasteiger partial charge in [-0.15, -0.1) is 0 Å². The maximum Gasteiger partial charge on any atom is 0.314 e. The molecule has 0 aliphatic carbocycles. The second-order valence-electron chi connectivity index (χ2n) is 6.57. The lowest BCUT2D eigenvalue weighted by molar-refractivity contribution is -0.133. The first-order valence-corrected chi connectivity index (χ1v) is 7.56. The van der Waals surface area contributed by atoms with Crippen LogP contribution in [0, 0.1) is 6.92 Å². The van der Waals surface area contributed by atoms with Crippen molar-refractivity contribution in [2.75, 3.05) is 10.6 Å². The van der Waals surface area contributed by atoms with Gasteiger partial charge in [-0.3, -0.25) is 9.59 Å². The number of carbonyl (C=O) groups is 2. The summed E-state index contributed by atoms with van der Waals surface area (Å²) in [6.07, 6.45) is 0. The highest BCUT2D eigenvalue weighted by molar-refractivity contribution is 6.43. The molecule has 0 atom stereocenters. The fourth-order valence-corrected chi connectivity index (χ4v) is 2.34. The van der Waals surface area contributed by atoms with Crippen LogP contribution in [0.25, 0.3) is 0 Å². The van der Waals surface area contributed by atoms with Crippen LogP contribution >= 0.6 is 0 Å². The Balaban J connectivity index is 2.12. The van der Waals surface area contributed by atoms with Gasteiger partial charge in [0, 0.05) is 11.4 Å². The summed E-state index contributed by atoms with van der Waals surface area (Å²) in [6, 6.07) is 14.8. The van der Waals surface area contributed by atoms with Crippen LogP contribution < -0.4 is 10.6 Å². The lowest BCUT2D eigenvalue weighted by atomic mass is 9.86. The maximum atomic E-state index is 12.2. The standard InChI is InChI=1S/C19H22N2O2/c1-13-8-7-9-14(12-13)20-17(22)18(23)21-16-11-6-5-10-15(16)19(2,3)4/h5-12H,1-4H3,(H,20,22)(H,21,23). The van der Waals surface area contributed by atoms with Crippen LogP contribution in [0.4, 0.5) is 11.4 Å². The van der Waals surface area contributed by atoms with Crippen molar-refractivity contribution in [3.8, 4) is 0 Å². The minimum absolute atomic E-state index is 0.128. The molecule has 0 bridgehead atoms. The van der Waals surface area contributed by atoms with Gasteiger partial charge in [0.2, 0.25) is 0 Å². The van der Waals surface area contributed by atoms with E-state index >= 15 is 0 Å². The third-order valence-corrected chi connectivity index (χ3v) is 3.47. The molecule has 0 spiro atoms. The summed E-state index contributed by atoms with van der Waals surface area (Å²) < 4.78 is 0. The van der Waals surface area contributed by atoms with Gasteiger partial charge in [-0.25, -0.2) is 0 Å². The zero-order valence-corrected chi connectivity index (χ0v) is 13.9. The zero-order chi connectivity index (χ0) is 17.0. The topological polar surface area (TPSA) is 58.2 Å². The fourth-order valence-electron chi connectivity index (χ4n) is 2.34. The summed E-state index contributed by atoms with van der Waals surface area (Å²) in [7, 11) is 0. The average molecular weight is 310 g/mol. The van der Waals surface area contributed by atoms with Crippen molar-refractivity contribution in [2.24, 2.45) is 0 Å². The minimum atomic E-state index is -0.681. The van der Waals surface area contributed by atoms with Crippen molar-refractivity contribution in [3.63, 3.8) is 0 Å². The Bertz CT molecular complexity index is 730. The van der Waals surface area contributed by atoms with Gasteiger partial charge in [-0.05, 0) is 41.7 Å². The number of hydrogen-bond acceptors (Lipinski definition) is 2. The van der Waals surface area contributed by atoms with Crippen molar-refractivity contribution in [1.82, 2.24) is 0 Å². The summed E-state index contributed by atoms with van der Waals surface area (Å²) in [5.74, 6) is -1.36. The molecule has 4 nitrogen and oxygen atoms in total. The van der Waals surface area contributed by atoms with Gasteiger partial charge >= 0.3 is 11.8 Å². The van der Waals surface area contributed by atoms with Crippen LogP contribution in [0.5, 0.6) is 0 Å². The predicted molar refractivity (Wildman–Crippen MR) is 93.6 cm³/mol. The van der Waals surface area contributed by atoms with E-state index in [1.54, 1.807) is 12.1 Å². The number of aryl methyl sites for hydroxylation is 1. The van der Waals surface area contributed by atoms with Gasteiger partial charge < -0.3 is 10.6 Å². The molecule has 0 saturated carbocycles. The molecular weight excluding hydrogens is 288 g/mol. The number of rotatable bonds is 2. The second kappa shape index (κ2) is 6.65. The minimum Gasteiger partial charge on any atom is -0.318 e. The summed E-state index contributed by atoms with van der Waals surface area (Å²) in [5, 5.41) is 5.31. The van der Waals surface area contributed by atoms with Gasteiger partial charge in [0.05, 0.1) is 0 Å². The lowest BCUT2D eigenvalue weighted by Gasteiger charge is -2.22. The molecular formula is C19H22N2O2. The highest BCUT2D eigenvalue weighted by Gasteiger charge is 2.21. The van der Waals surface area contributed by atoms with Gasteiger partial charge in [-0.2, -0.15) is 0 Å². The first kappa shape index (κ1) is 16.7. The zero-order valence-electron chi connectivity index (χ0n) is 13.9. The van der Waals surface area contributed by atoms with Crippen molar-refractivity contribution in [1.29, 1.82) is 0 Å². The van der Waals surface area contributed by atoms with Crippen molar-refractivity contribution in [2.45, 2.75) is 33.1 Å². The van der Waals surface area contributed by atoms with Gasteiger partial charge in [0.1, 0.15) is 0 Å². The van der Waals surface area contributed by atoms with E-state index in [4.69, 9.17) is 0 Å². The van der Waals surface area contributed by atoms with E-state index in [0.29, 0.717) is 11.4 Å². The Labute approximate surface area is 136 Å². The van der Waals surface area contributed by atoms with Crippen LogP contribution in [0.2, 0.25) is 0 Å². The van der Waals surface area contributed by atoms with Crippen LogP contribution in [0.1, 0.15) is 31.9 Å². The van der Waals surface area contributed by atoms with Crippen LogP contribution in [-0.2, 0) is 15.0 Å². The summed E-state index contributed by atoms with van der Waals surface area (Å²) >= 11 is 0. The average Bonchev–Trinajstić information content (AvgIpc) is 2.46. The molecule has 2 amide bonds. The molecule has 0 aromatic heterocycles. The molecule has 23 heavy (non-hydrogen) atoms. The number of amides is 2. The van der Waals surface area contributed by atoms with Gasteiger partial charge in [0.15, 0.2) is 0 Å². The number of hydrogen-bond donors (Lipinski definition) is 2. The molecule has 120 valence electrons. The Kier molecular flexibility index (Phi) is 4.84. The third kappa shape index (κ3) is 4.42. The molecule has 2 aromatic rings. The van der Waals surface area contributed by atoms with E-state index < -0.39 is 11.8 Å². The van der Waals surface area contributed by atoms with E-state index in [-0.39, 0.29) is 5.41 Å². The maximum absolute atomic E-state index is 12.2. The molecule has 0 radical (unpaired) electrons. The van der Waals surface area contributed by atoms with Crippen LogP contribution in [0.15, 0.2) is 48.5 Å². The number of benzene rings is 2. The normalized spacial score (nSPS) is 11.0. The van der Waals surface area contributed by atoms with Crippen LogP contribution in [-0.4, -0.2) is 11.8 Å². The lowest BCUT2D eigenvalue weighted by Crippen LogP contribution is -2.30. The number of para-hydroxylation sites is 1. The Morgan fingerprint density at radius 1 is 0.870 bits per heavy atom. The van der Waals surface area contributed by atoms with E-state index in [9.17, 15) is 9.59 Å². The van der Waals surface area contributed by atoms with Crippen LogP contribution in [0.3, 0.4) is 0 Å². The SMILES string of the molecule is Cc1cccc(NC(=O)C(=O)Nc2ccccc2C(C)(C)C)c1. The van der Waals surface area contributed by atoms with E-state index in [1.807, 2.05) is 43.3 Å². The van der Waals surface area contributed by atoms with Crippen molar-refractivity contribution in [3.05, 3.63) is 59.7 Å². The Hall–Kier alpha value is -2.62. The van der Waals surface area contributed by atoms with Gasteiger partial charge in [0.25, 0.3) is 0 Å². The van der Waals surface area contributed by atoms with Crippen molar-refractivity contribution < 1.29 is 9.59 Å². The smallest absolute Gasteiger partial charge is 0.314 e. The summed E-state index contributed by atoms with van der Waals surface area (Å²) in [5.41, 5.74) is 3.13. The van der Waals surface area contributed by atoms with E-state index in [1.165, 1.54) is 0 Å². The van der Waals surface area contributed by atoms with E-state index in [2.05, 4.69) is 31.4 Å². The molecule has 0 unspecified atom stereocenters. The molecule has 0 fully saturated rings. The first-order valence-electron chi connectivity index (χ1n) is 7.56. The Morgan fingerprint density at radius 2 is 1.52 bits per heavy atom. The number of anilines is 2. The molecule has 2 aromatic carbocycles. The molecule has 2 rings (SSSR count). The summed E-state index contributed by atoms with van der Waals surface area (Å²) in [6.45, 7) is 8.11. The first-order chi connectivity index (χ1) is 10.8. The molecule has 0 aliphatic rings. The third-order valence-electron chi connectivity index (χ3n) is 3.47.